The average Bonchev–Trinajstić information content (AvgIpc) is 2.88. The number of rotatable bonds is 2. The molecule has 5 atom stereocenters. The minimum atomic E-state index is -0.324. The Labute approximate surface area is 136 Å². The molecule has 1 saturated heterocycles. The maximum atomic E-state index is 11.6. The molecule has 1 saturated carbocycles. The number of benzene rings is 1. The molecule has 1 aliphatic heterocycles. The summed E-state index contributed by atoms with van der Waals surface area (Å²) in [5.41, 5.74) is 2.27. The van der Waals surface area contributed by atoms with Crippen molar-refractivity contribution >= 4 is 0 Å². The van der Waals surface area contributed by atoms with Gasteiger partial charge in [-0.25, -0.2) is 0 Å². The molecule has 1 heterocycles. The number of hydrogen-bond donors (Lipinski definition) is 1. The van der Waals surface area contributed by atoms with Gasteiger partial charge in [0, 0.05) is 12.0 Å². The summed E-state index contributed by atoms with van der Waals surface area (Å²) in [4.78, 5) is 11.6. The van der Waals surface area contributed by atoms with Gasteiger partial charge >= 0.3 is 0 Å². The maximum absolute atomic E-state index is 11.6. The molecule has 1 aromatic carbocycles. The predicted octanol–water partition coefficient (Wildman–Crippen LogP) is 3.07. The number of ether oxygens (including phenoxy) is 1. The summed E-state index contributed by atoms with van der Waals surface area (Å²) in [5, 5.41) is 15.5. The number of fused-ring (bicyclic) bond motifs is 5. The van der Waals surface area contributed by atoms with Gasteiger partial charge in [0.25, 0.3) is 0 Å². The molecule has 1 N–H and O–H groups in total. The van der Waals surface area contributed by atoms with E-state index in [9.17, 15) is 10.0 Å². The average molecular weight is 316 g/mol. The molecule has 1 aromatic rings. The van der Waals surface area contributed by atoms with Crippen LogP contribution in [0.15, 0.2) is 23.5 Å². The van der Waals surface area contributed by atoms with E-state index in [-0.39, 0.29) is 17.6 Å². The summed E-state index contributed by atoms with van der Waals surface area (Å²) < 4.78 is 5.34. The van der Waals surface area contributed by atoms with Gasteiger partial charge in [-0.3, -0.25) is 5.01 Å². The van der Waals surface area contributed by atoms with Gasteiger partial charge in [0.2, 0.25) is 0 Å². The maximum Gasteiger partial charge on any atom is 0.119 e. The van der Waals surface area contributed by atoms with E-state index in [2.05, 4.69) is 24.3 Å². The third-order valence-corrected chi connectivity index (χ3v) is 6.63. The molecule has 0 amide bonds. The Hall–Kier alpha value is -1.62. The first-order valence-corrected chi connectivity index (χ1v) is 8.53. The number of hydrogen-bond acceptors (Lipinski definition) is 4. The molecule has 4 rings (SSSR count). The van der Waals surface area contributed by atoms with Crippen LogP contribution >= 0.6 is 0 Å². The number of nitroso groups, excluding NO2 is 1. The van der Waals surface area contributed by atoms with Crippen LogP contribution in [0.1, 0.15) is 43.4 Å². The molecule has 5 nitrogen and oxygen atoms in total. The standard InChI is InChI=1S/C18H24N2O3/c1-18-10-20(19-22)17-13-6-4-12(23-2)9-11(13)3-5-14(17)15(18)7-8-16(18)21/h4,6,9,14-17,21H,3,5,7-8,10H2,1-2H3. The van der Waals surface area contributed by atoms with Gasteiger partial charge in [-0.2, -0.15) is 0 Å². The molecule has 0 spiro atoms. The van der Waals surface area contributed by atoms with Crippen molar-refractivity contribution in [2.45, 2.75) is 44.8 Å². The zero-order valence-electron chi connectivity index (χ0n) is 13.7. The molecule has 0 radical (unpaired) electrons. The SMILES string of the molecule is COc1ccc2c(c1)CCC1C2N(N=O)CC2(C)C(O)CCC12. The lowest BCUT2D eigenvalue weighted by Gasteiger charge is -2.53. The van der Waals surface area contributed by atoms with E-state index >= 15 is 0 Å². The summed E-state index contributed by atoms with van der Waals surface area (Å²) >= 11 is 0. The van der Waals surface area contributed by atoms with Crippen LogP contribution in [0.25, 0.3) is 0 Å². The van der Waals surface area contributed by atoms with Crippen molar-refractivity contribution in [1.29, 1.82) is 0 Å². The molecule has 5 heteroatoms. The van der Waals surface area contributed by atoms with E-state index in [0.717, 1.165) is 31.4 Å². The highest BCUT2D eigenvalue weighted by Gasteiger charge is 2.57. The molecule has 3 aliphatic rings. The van der Waals surface area contributed by atoms with Crippen molar-refractivity contribution < 1.29 is 9.84 Å². The first kappa shape index (κ1) is 14.9. The van der Waals surface area contributed by atoms with Crippen LogP contribution in [-0.4, -0.2) is 29.9 Å². The molecule has 23 heavy (non-hydrogen) atoms. The highest BCUT2D eigenvalue weighted by molar-refractivity contribution is 5.40. The molecular weight excluding hydrogens is 292 g/mol. The quantitative estimate of drug-likeness (QED) is 0.852. The lowest BCUT2D eigenvalue weighted by atomic mass is 9.61. The summed E-state index contributed by atoms with van der Waals surface area (Å²) in [6, 6.07) is 6.20. The van der Waals surface area contributed by atoms with Gasteiger partial charge in [-0.05, 0) is 60.8 Å². The Kier molecular flexibility index (Phi) is 3.38. The minimum Gasteiger partial charge on any atom is -0.497 e. The van der Waals surface area contributed by atoms with E-state index in [4.69, 9.17) is 4.74 Å². The van der Waals surface area contributed by atoms with Crippen molar-refractivity contribution in [3.8, 4) is 5.75 Å². The van der Waals surface area contributed by atoms with E-state index in [1.807, 2.05) is 6.07 Å². The van der Waals surface area contributed by atoms with Crippen LogP contribution in [-0.2, 0) is 6.42 Å². The van der Waals surface area contributed by atoms with Crippen molar-refractivity contribution in [3.63, 3.8) is 0 Å². The Morgan fingerprint density at radius 2 is 2.17 bits per heavy atom. The fraction of sp³-hybridized carbons (Fsp3) is 0.667. The van der Waals surface area contributed by atoms with Crippen LogP contribution < -0.4 is 4.74 Å². The Bertz CT molecular complexity index is 635. The lowest BCUT2D eigenvalue weighted by molar-refractivity contribution is -0.0856. The van der Waals surface area contributed by atoms with Gasteiger partial charge in [0.05, 0.1) is 24.5 Å². The number of piperidine rings is 1. The van der Waals surface area contributed by atoms with Crippen LogP contribution in [0.5, 0.6) is 5.75 Å². The second-order valence-corrected chi connectivity index (χ2v) is 7.60. The smallest absolute Gasteiger partial charge is 0.119 e. The number of methoxy groups -OCH3 is 1. The van der Waals surface area contributed by atoms with E-state index < -0.39 is 0 Å². The van der Waals surface area contributed by atoms with Gasteiger partial charge in [0.15, 0.2) is 0 Å². The largest absolute Gasteiger partial charge is 0.497 e. The normalized spacial score (nSPS) is 38.5. The first-order valence-electron chi connectivity index (χ1n) is 8.53. The lowest BCUT2D eigenvalue weighted by Crippen LogP contribution is -2.54. The third kappa shape index (κ3) is 2.02. The monoisotopic (exact) mass is 316 g/mol. The van der Waals surface area contributed by atoms with Gasteiger partial charge in [-0.1, -0.05) is 13.0 Å². The molecule has 2 aliphatic carbocycles. The highest BCUT2D eigenvalue weighted by Crippen LogP contribution is 2.58. The van der Waals surface area contributed by atoms with E-state index in [0.29, 0.717) is 18.4 Å². The van der Waals surface area contributed by atoms with Gasteiger partial charge in [-0.15, -0.1) is 4.91 Å². The summed E-state index contributed by atoms with van der Waals surface area (Å²) in [6.45, 7) is 2.68. The Morgan fingerprint density at radius 3 is 2.91 bits per heavy atom. The molecule has 2 fully saturated rings. The number of aryl methyl sites for hydroxylation is 1. The summed E-state index contributed by atoms with van der Waals surface area (Å²) in [5.74, 6) is 1.73. The number of nitrogens with zero attached hydrogens (tertiary/aromatic N) is 2. The number of aliphatic hydroxyl groups is 1. The number of aliphatic hydroxyl groups excluding tert-OH is 1. The first-order chi connectivity index (χ1) is 11.1. The van der Waals surface area contributed by atoms with Crippen LogP contribution in [0.3, 0.4) is 0 Å². The van der Waals surface area contributed by atoms with Gasteiger partial charge < -0.3 is 9.84 Å². The third-order valence-electron chi connectivity index (χ3n) is 6.63. The second kappa shape index (κ2) is 5.20. The van der Waals surface area contributed by atoms with Crippen LogP contribution in [0.2, 0.25) is 0 Å². The fourth-order valence-corrected chi connectivity index (χ4v) is 5.42. The van der Waals surface area contributed by atoms with Crippen molar-refractivity contribution in [2.75, 3.05) is 13.7 Å². The zero-order valence-corrected chi connectivity index (χ0v) is 13.7. The Balaban J connectivity index is 1.77. The molecule has 124 valence electrons. The summed E-state index contributed by atoms with van der Waals surface area (Å²) in [6.07, 6.45) is 3.62. The molecular formula is C18H24N2O3. The second-order valence-electron chi connectivity index (χ2n) is 7.60. The molecule has 0 bridgehead atoms. The van der Waals surface area contributed by atoms with Crippen LogP contribution in [0, 0.1) is 22.2 Å². The van der Waals surface area contributed by atoms with Crippen molar-refractivity contribution in [1.82, 2.24) is 5.01 Å². The Morgan fingerprint density at radius 1 is 1.35 bits per heavy atom. The van der Waals surface area contributed by atoms with Crippen molar-refractivity contribution in [2.24, 2.45) is 22.5 Å². The topological polar surface area (TPSA) is 62.1 Å². The predicted molar refractivity (Wildman–Crippen MR) is 86.9 cm³/mol. The van der Waals surface area contributed by atoms with Crippen LogP contribution in [0.4, 0.5) is 0 Å². The molecule has 5 unspecified atom stereocenters. The highest BCUT2D eigenvalue weighted by atomic mass is 16.5. The summed E-state index contributed by atoms with van der Waals surface area (Å²) in [7, 11) is 1.68. The minimum absolute atomic E-state index is 0.0468. The zero-order chi connectivity index (χ0) is 16.2. The van der Waals surface area contributed by atoms with Crippen molar-refractivity contribution in [3.05, 3.63) is 34.2 Å². The molecule has 0 aromatic heterocycles. The van der Waals surface area contributed by atoms with E-state index in [1.54, 1.807) is 12.1 Å². The van der Waals surface area contributed by atoms with Gasteiger partial charge in [0.1, 0.15) is 5.75 Å². The fourth-order valence-electron chi connectivity index (χ4n) is 5.42. The van der Waals surface area contributed by atoms with E-state index in [1.165, 1.54) is 11.1 Å².